The molecule has 2 fully saturated rings. The second kappa shape index (κ2) is 5.87. The number of benzene rings is 1. The predicted octanol–water partition coefficient (Wildman–Crippen LogP) is 1.95. The lowest BCUT2D eigenvalue weighted by Crippen LogP contribution is -2.49. The molecule has 3 rings (SSSR count). The molecule has 0 aromatic heterocycles. The molecule has 2 aliphatic rings. The zero-order chi connectivity index (χ0) is 18.4. The minimum Gasteiger partial charge on any atom is -0.478 e. The topological polar surface area (TPSA) is 78.9 Å². The number of alkyl halides is 4. The fraction of sp³-hybridized carbons (Fsp3) is 0.467. The number of carboxylic acids is 1. The molecular formula is C15H14F4N2O4. The van der Waals surface area contributed by atoms with Gasteiger partial charge in [0, 0.05) is 31.1 Å². The summed E-state index contributed by atoms with van der Waals surface area (Å²) in [6.07, 6.45) is -5.06. The number of ether oxygens (including phenoxy) is 1. The van der Waals surface area contributed by atoms with Crippen molar-refractivity contribution in [1.82, 2.24) is 5.32 Å². The number of hydrogen-bond acceptors (Lipinski definition) is 4. The third-order valence-electron chi connectivity index (χ3n) is 4.44. The van der Waals surface area contributed by atoms with Crippen molar-refractivity contribution in [3.63, 3.8) is 0 Å². The Morgan fingerprint density at radius 1 is 1.40 bits per heavy atom. The molecule has 0 radical (unpaired) electrons. The molecule has 0 spiro atoms. The number of carbonyl (C=O) groups excluding carboxylic acids is 1. The van der Waals surface area contributed by atoms with Crippen LogP contribution >= 0.6 is 0 Å². The van der Waals surface area contributed by atoms with Gasteiger partial charge in [0.2, 0.25) is 0 Å². The summed E-state index contributed by atoms with van der Waals surface area (Å²) in [6.45, 7) is 0.645. The summed E-state index contributed by atoms with van der Waals surface area (Å²) in [7, 11) is 0. The summed E-state index contributed by atoms with van der Waals surface area (Å²) in [6, 6.07) is 2.81. The van der Waals surface area contributed by atoms with Gasteiger partial charge in [0.05, 0.1) is 0 Å². The molecule has 25 heavy (non-hydrogen) atoms. The maximum absolute atomic E-state index is 14.9. The molecule has 136 valence electrons. The Kier molecular flexibility index (Phi) is 4.10. The number of aromatic carboxylic acids is 1. The van der Waals surface area contributed by atoms with Crippen molar-refractivity contribution in [2.45, 2.75) is 18.5 Å². The highest BCUT2D eigenvalue weighted by Gasteiger charge is 2.56. The predicted molar refractivity (Wildman–Crippen MR) is 77.3 cm³/mol. The van der Waals surface area contributed by atoms with Crippen LogP contribution in [-0.2, 0) is 4.79 Å². The van der Waals surface area contributed by atoms with E-state index in [4.69, 9.17) is 5.11 Å². The lowest BCUT2D eigenvalue weighted by molar-refractivity contribution is -0.274. The van der Waals surface area contributed by atoms with Gasteiger partial charge in [0.15, 0.2) is 5.67 Å². The number of carboxylic acid groups (broad SMARTS) is 1. The van der Waals surface area contributed by atoms with E-state index in [0.717, 1.165) is 23.1 Å². The first-order valence-electron chi connectivity index (χ1n) is 7.46. The number of amides is 1. The first kappa shape index (κ1) is 17.5. The number of carbonyl (C=O) groups is 2. The molecule has 0 aliphatic carbocycles. The Bertz CT molecular complexity index is 724. The summed E-state index contributed by atoms with van der Waals surface area (Å²) < 4.78 is 55.7. The van der Waals surface area contributed by atoms with Gasteiger partial charge in [-0.3, -0.25) is 4.79 Å². The summed E-state index contributed by atoms with van der Waals surface area (Å²) in [5.41, 5.74) is -2.79. The zero-order valence-electron chi connectivity index (χ0n) is 12.8. The third kappa shape index (κ3) is 3.13. The van der Waals surface area contributed by atoms with E-state index in [9.17, 15) is 27.2 Å². The highest BCUT2D eigenvalue weighted by atomic mass is 19.4. The van der Waals surface area contributed by atoms with Crippen LogP contribution < -0.4 is 15.0 Å². The van der Waals surface area contributed by atoms with Crippen molar-refractivity contribution in [3.05, 3.63) is 23.8 Å². The van der Waals surface area contributed by atoms with Crippen LogP contribution in [0.2, 0.25) is 0 Å². The molecule has 6 nitrogen and oxygen atoms in total. The van der Waals surface area contributed by atoms with Crippen LogP contribution in [0.4, 0.5) is 23.2 Å². The van der Waals surface area contributed by atoms with Crippen LogP contribution in [0.25, 0.3) is 0 Å². The standard InChI is InChI=1S/C15H14F4N2O4/c16-14-3-4-20-6-8(14)7-21(13(14)24)9-1-2-11(25-15(17,18)19)10(5-9)12(22)23/h1-2,5,8,20H,3-4,6-7H2,(H,22,23). The molecule has 10 heteroatoms. The largest absolute Gasteiger partial charge is 0.573 e. The van der Waals surface area contributed by atoms with Gasteiger partial charge < -0.3 is 20.1 Å². The maximum atomic E-state index is 14.9. The Balaban J connectivity index is 1.94. The van der Waals surface area contributed by atoms with Gasteiger partial charge in [-0.2, -0.15) is 0 Å². The third-order valence-corrected chi connectivity index (χ3v) is 4.44. The second-order valence-electron chi connectivity index (χ2n) is 5.96. The van der Waals surface area contributed by atoms with Gasteiger partial charge in [-0.15, -0.1) is 13.2 Å². The number of nitrogens with zero attached hydrogens (tertiary/aromatic N) is 1. The van der Waals surface area contributed by atoms with Crippen molar-refractivity contribution in [3.8, 4) is 5.75 Å². The molecule has 0 bridgehead atoms. The number of hydrogen-bond donors (Lipinski definition) is 2. The SMILES string of the molecule is O=C(O)c1cc(N2CC3CNCCC3(F)C2=O)ccc1OC(F)(F)F. The first-order chi connectivity index (χ1) is 11.6. The average Bonchev–Trinajstić information content (AvgIpc) is 2.78. The molecule has 2 aliphatic heterocycles. The van der Waals surface area contributed by atoms with Crippen LogP contribution in [0.3, 0.4) is 0 Å². The molecule has 0 saturated carbocycles. The number of piperidine rings is 1. The molecule has 1 aromatic rings. The fourth-order valence-corrected chi connectivity index (χ4v) is 3.22. The molecule has 2 atom stereocenters. The summed E-state index contributed by atoms with van der Waals surface area (Å²) in [5, 5.41) is 12.1. The molecule has 2 unspecified atom stereocenters. The molecule has 2 saturated heterocycles. The lowest BCUT2D eigenvalue weighted by atomic mass is 9.86. The first-order valence-corrected chi connectivity index (χ1v) is 7.46. The number of nitrogens with one attached hydrogen (secondary N) is 1. The van der Waals surface area contributed by atoms with Crippen molar-refractivity contribution in [2.75, 3.05) is 24.5 Å². The quantitative estimate of drug-likeness (QED) is 0.804. The van der Waals surface area contributed by atoms with Crippen LogP contribution in [0.15, 0.2) is 18.2 Å². The Morgan fingerprint density at radius 2 is 2.12 bits per heavy atom. The normalized spacial score (nSPS) is 26.5. The van der Waals surface area contributed by atoms with Crippen molar-refractivity contribution in [1.29, 1.82) is 0 Å². The van der Waals surface area contributed by atoms with Crippen molar-refractivity contribution < 1.29 is 37.0 Å². The molecule has 2 N–H and O–H groups in total. The Morgan fingerprint density at radius 3 is 2.72 bits per heavy atom. The van der Waals surface area contributed by atoms with Gasteiger partial charge in [-0.1, -0.05) is 0 Å². The minimum absolute atomic E-state index is 0.00590. The maximum Gasteiger partial charge on any atom is 0.573 e. The lowest BCUT2D eigenvalue weighted by Gasteiger charge is -2.29. The van der Waals surface area contributed by atoms with E-state index in [1.807, 2.05) is 0 Å². The second-order valence-corrected chi connectivity index (χ2v) is 5.96. The molecule has 2 heterocycles. The molecule has 1 aromatic carbocycles. The van der Waals surface area contributed by atoms with E-state index in [1.165, 1.54) is 0 Å². The Labute approximate surface area is 139 Å². The van der Waals surface area contributed by atoms with Gasteiger partial charge in [0.25, 0.3) is 5.91 Å². The average molecular weight is 362 g/mol. The van der Waals surface area contributed by atoms with E-state index >= 15 is 0 Å². The Hall–Kier alpha value is -2.36. The van der Waals surface area contributed by atoms with E-state index in [2.05, 4.69) is 10.1 Å². The van der Waals surface area contributed by atoms with Crippen molar-refractivity contribution >= 4 is 17.6 Å². The van der Waals surface area contributed by atoms with E-state index in [1.54, 1.807) is 0 Å². The van der Waals surface area contributed by atoms with E-state index in [-0.39, 0.29) is 18.7 Å². The van der Waals surface area contributed by atoms with Crippen LogP contribution in [0.5, 0.6) is 5.75 Å². The van der Waals surface area contributed by atoms with Gasteiger partial charge >= 0.3 is 12.3 Å². The summed E-state index contributed by atoms with van der Waals surface area (Å²) in [4.78, 5) is 24.7. The molecular weight excluding hydrogens is 348 g/mol. The number of anilines is 1. The van der Waals surface area contributed by atoms with Crippen LogP contribution in [0, 0.1) is 5.92 Å². The van der Waals surface area contributed by atoms with Crippen LogP contribution in [0.1, 0.15) is 16.8 Å². The minimum atomic E-state index is -5.06. The number of halogens is 4. The van der Waals surface area contributed by atoms with Crippen LogP contribution in [-0.4, -0.2) is 48.6 Å². The van der Waals surface area contributed by atoms with Gasteiger partial charge in [-0.05, 0) is 24.7 Å². The van der Waals surface area contributed by atoms with Gasteiger partial charge in [0.1, 0.15) is 11.3 Å². The number of fused-ring (bicyclic) bond motifs is 1. The van der Waals surface area contributed by atoms with Crippen molar-refractivity contribution in [2.24, 2.45) is 5.92 Å². The van der Waals surface area contributed by atoms with Gasteiger partial charge in [-0.25, -0.2) is 9.18 Å². The smallest absolute Gasteiger partial charge is 0.478 e. The number of rotatable bonds is 3. The highest BCUT2D eigenvalue weighted by molar-refractivity contribution is 6.03. The highest BCUT2D eigenvalue weighted by Crippen LogP contribution is 2.40. The molecule has 1 amide bonds. The zero-order valence-corrected chi connectivity index (χ0v) is 12.8. The fourth-order valence-electron chi connectivity index (χ4n) is 3.22. The summed E-state index contributed by atoms with van der Waals surface area (Å²) in [5.74, 6) is -3.96. The van der Waals surface area contributed by atoms with E-state index in [0.29, 0.717) is 13.1 Å². The summed E-state index contributed by atoms with van der Waals surface area (Å²) >= 11 is 0. The van der Waals surface area contributed by atoms with E-state index < -0.39 is 41.1 Å². The monoisotopic (exact) mass is 362 g/mol.